The molecule has 0 spiro atoms. The molecule has 4 heteroatoms. The van der Waals surface area contributed by atoms with E-state index in [2.05, 4.69) is 36.7 Å². The monoisotopic (exact) mass is 251 g/mol. The first kappa shape index (κ1) is 14.9. The van der Waals surface area contributed by atoms with Crippen molar-refractivity contribution in [1.82, 2.24) is 4.98 Å². The Balaban J connectivity index is 2.81. The van der Waals surface area contributed by atoms with Gasteiger partial charge in [-0.15, -0.1) is 0 Å². The van der Waals surface area contributed by atoms with Crippen LogP contribution in [0.4, 0.5) is 5.69 Å². The van der Waals surface area contributed by atoms with E-state index in [0.29, 0.717) is 12.6 Å². The maximum absolute atomic E-state index is 5.96. The van der Waals surface area contributed by atoms with E-state index in [4.69, 9.17) is 10.5 Å². The summed E-state index contributed by atoms with van der Waals surface area (Å²) in [6.45, 7) is 8.01. The lowest BCUT2D eigenvalue weighted by Crippen LogP contribution is -2.36. The molecule has 0 amide bonds. The summed E-state index contributed by atoms with van der Waals surface area (Å²) in [6, 6.07) is 4.48. The summed E-state index contributed by atoms with van der Waals surface area (Å²) in [5.41, 5.74) is 8.04. The Morgan fingerprint density at radius 3 is 2.56 bits per heavy atom. The minimum atomic E-state index is 0.0329. The Hall–Kier alpha value is -1.13. The van der Waals surface area contributed by atoms with Gasteiger partial charge in [-0.1, -0.05) is 6.92 Å². The Labute approximate surface area is 110 Å². The number of hydrogen-bond donors (Lipinski definition) is 1. The van der Waals surface area contributed by atoms with Crippen LogP contribution < -0.4 is 10.6 Å². The second kappa shape index (κ2) is 7.34. The van der Waals surface area contributed by atoms with Crippen LogP contribution in [-0.4, -0.2) is 31.3 Å². The van der Waals surface area contributed by atoms with Crippen LogP contribution in [0.5, 0.6) is 0 Å². The Bertz CT molecular complexity index is 339. The van der Waals surface area contributed by atoms with Gasteiger partial charge in [0, 0.05) is 25.7 Å². The summed E-state index contributed by atoms with van der Waals surface area (Å²) in [5, 5.41) is 0. The smallest absolute Gasteiger partial charge is 0.0663 e. The second-order valence-electron chi connectivity index (χ2n) is 4.55. The fourth-order valence-corrected chi connectivity index (χ4v) is 2.08. The molecule has 2 atom stereocenters. The van der Waals surface area contributed by atoms with Crippen molar-refractivity contribution in [2.24, 2.45) is 5.73 Å². The first-order chi connectivity index (χ1) is 8.63. The molecule has 1 unspecified atom stereocenters. The molecule has 0 saturated heterocycles. The Morgan fingerprint density at radius 2 is 2.11 bits per heavy atom. The van der Waals surface area contributed by atoms with E-state index < -0.39 is 0 Å². The summed E-state index contributed by atoms with van der Waals surface area (Å²) < 4.78 is 5.21. The number of nitrogens with zero attached hydrogens (tertiary/aromatic N) is 2. The standard InChI is InChI=1S/C14H25N3O/c1-5-13(15)14-8-7-12(9-16-14)17(6-2)11(3)10-18-4/h7-9,11,13H,5-6,10,15H2,1-4H3/t11?,13-/m1/s1. The maximum atomic E-state index is 5.96. The molecule has 0 radical (unpaired) electrons. The van der Waals surface area contributed by atoms with Gasteiger partial charge in [0.05, 0.1) is 24.2 Å². The minimum absolute atomic E-state index is 0.0329. The third-order valence-electron chi connectivity index (χ3n) is 3.20. The van der Waals surface area contributed by atoms with Gasteiger partial charge in [-0.2, -0.15) is 0 Å². The topological polar surface area (TPSA) is 51.4 Å². The summed E-state index contributed by atoms with van der Waals surface area (Å²) in [6.07, 6.45) is 2.81. The highest BCUT2D eigenvalue weighted by Gasteiger charge is 2.13. The van der Waals surface area contributed by atoms with Crippen molar-refractivity contribution in [1.29, 1.82) is 0 Å². The van der Waals surface area contributed by atoms with Crippen molar-refractivity contribution in [3.63, 3.8) is 0 Å². The number of rotatable bonds is 7. The molecule has 0 aliphatic carbocycles. The van der Waals surface area contributed by atoms with Crippen LogP contribution in [0.15, 0.2) is 18.3 Å². The van der Waals surface area contributed by atoms with E-state index in [9.17, 15) is 0 Å². The van der Waals surface area contributed by atoms with Gasteiger partial charge in [0.2, 0.25) is 0 Å². The van der Waals surface area contributed by atoms with Crippen LogP contribution in [0, 0.1) is 0 Å². The lowest BCUT2D eigenvalue weighted by molar-refractivity contribution is 0.182. The molecule has 0 fully saturated rings. The number of methoxy groups -OCH3 is 1. The Morgan fingerprint density at radius 1 is 1.39 bits per heavy atom. The van der Waals surface area contributed by atoms with Gasteiger partial charge in [-0.3, -0.25) is 4.98 Å². The van der Waals surface area contributed by atoms with Crippen LogP contribution in [0.3, 0.4) is 0 Å². The van der Waals surface area contributed by atoms with Crippen LogP contribution >= 0.6 is 0 Å². The van der Waals surface area contributed by atoms with Crippen LogP contribution in [0.2, 0.25) is 0 Å². The van der Waals surface area contributed by atoms with Crippen molar-refractivity contribution in [2.45, 2.75) is 39.3 Å². The van der Waals surface area contributed by atoms with Crippen LogP contribution in [0.25, 0.3) is 0 Å². The van der Waals surface area contributed by atoms with Crippen LogP contribution in [0.1, 0.15) is 38.9 Å². The SMILES string of the molecule is CC[C@@H](N)c1ccc(N(CC)C(C)COC)cn1. The number of ether oxygens (including phenoxy) is 1. The molecule has 1 aromatic heterocycles. The average molecular weight is 251 g/mol. The summed E-state index contributed by atoms with van der Waals surface area (Å²) in [5.74, 6) is 0. The van der Waals surface area contributed by atoms with E-state index >= 15 is 0 Å². The second-order valence-corrected chi connectivity index (χ2v) is 4.55. The largest absolute Gasteiger partial charge is 0.383 e. The molecule has 1 heterocycles. The van der Waals surface area contributed by atoms with Gasteiger partial charge in [-0.05, 0) is 32.4 Å². The molecular formula is C14H25N3O. The van der Waals surface area contributed by atoms with Gasteiger partial charge in [-0.25, -0.2) is 0 Å². The number of nitrogens with two attached hydrogens (primary N) is 1. The van der Waals surface area contributed by atoms with Gasteiger partial charge in [0.1, 0.15) is 0 Å². The zero-order chi connectivity index (χ0) is 13.5. The molecular weight excluding hydrogens is 226 g/mol. The highest BCUT2D eigenvalue weighted by molar-refractivity contribution is 5.45. The zero-order valence-electron chi connectivity index (χ0n) is 11.9. The predicted molar refractivity (Wildman–Crippen MR) is 75.8 cm³/mol. The number of likely N-dealkylation sites (N-methyl/N-ethyl adjacent to an activating group) is 1. The van der Waals surface area contributed by atoms with E-state index in [0.717, 1.165) is 24.3 Å². The third kappa shape index (κ3) is 3.68. The van der Waals surface area contributed by atoms with Gasteiger partial charge in [0.25, 0.3) is 0 Å². The fraction of sp³-hybridized carbons (Fsp3) is 0.643. The van der Waals surface area contributed by atoms with E-state index in [1.807, 2.05) is 12.3 Å². The quantitative estimate of drug-likeness (QED) is 0.808. The minimum Gasteiger partial charge on any atom is -0.383 e. The first-order valence-corrected chi connectivity index (χ1v) is 6.61. The molecule has 4 nitrogen and oxygen atoms in total. The number of pyridine rings is 1. The molecule has 102 valence electrons. The van der Waals surface area contributed by atoms with Crippen molar-refractivity contribution in [2.75, 3.05) is 25.2 Å². The summed E-state index contributed by atoms with van der Waals surface area (Å²) >= 11 is 0. The van der Waals surface area contributed by atoms with Crippen molar-refractivity contribution >= 4 is 5.69 Å². The van der Waals surface area contributed by atoms with E-state index in [-0.39, 0.29) is 6.04 Å². The lowest BCUT2D eigenvalue weighted by Gasteiger charge is -2.29. The maximum Gasteiger partial charge on any atom is 0.0663 e. The average Bonchev–Trinajstić information content (AvgIpc) is 2.40. The molecule has 0 aliphatic rings. The third-order valence-corrected chi connectivity index (χ3v) is 3.20. The summed E-state index contributed by atoms with van der Waals surface area (Å²) in [4.78, 5) is 6.73. The zero-order valence-corrected chi connectivity index (χ0v) is 11.9. The van der Waals surface area contributed by atoms with Crippen LogP contribution in [-0.2, 0) is 4.74 Å². The predicted octanol–water partition coefficient (Wildman–Crippen LogP) is 2.35. The van der Waals surface area contributed by atoms with Gasteiger partial charge >= 0.3 is 0 Å². The van der Waals surface area contributed by atoms with Crippen molar-refractivity contribution in [3.05, 3.63) is 24.0 Å². The van der Waals surface area contributed by atoms with Gasteiger partial charge in [0.15, 0.2) is 0 Å². The fourth-order valence-electron chi connectivity index (χ4n) is 2.08. The molecule has 0 aromatic carbocycles. The molecule has 2 N–H and O–H groups in total. The van der Waals surface area contributed by atoms with Crippen molar-refractivity contribution < 1.29 is 4.74 Å². The van der Waals surface area contributed by atoms with Gasteiger partial charge < -0.3 is 15.4 Å². The molecule has 0 saturated carbocycles. The first-order valence-electron chi connectivity index (χ1n) is 6.61. The van der Waals surface area contributed by atoms with E-state index in [1.54, 1.807) is 7.11 Å². The molecule has 0 bridgehead atoms. The number of aromatic nitrogens is 1. The number of anilines is 1. The molecule has 0 aliphatic heterocycles. The van der Waals surface area contributed by atoms with Crippen molar-refractivity contribution in [3.8, 4) is 0 Å². The molecule has 1 aromatic rings. The summed E-state index contributed by atoms with van der Waals surface area (Å²) in [7, 11) is 1.73. The molecule has 18 heavy (non-hydrogen) atoms. The van der Waals surface area contributed by atoms with E-state index in [1.165, 1.54) is 0 Å². The Kier molecular flexibility index (Phi) is 6.09. The molecule has 1 rings (SSSR count). The highest BCUT2D eigenvalue weighted by Crippen LogP contribution is 2.19. The highest BCUT2D eigenvalue weighted by atomic mass is 16.5. The number of hydrogen-bond acceptors (Lipinski definition) is 4. The lowest BCUT2D eigenvalue weighted by atomic mass is 10.1. The normalized spacial score (nSPS) is 14.3.